The minimum absolute atomic E-state index is 0.156. The van der Waals surface area contributed by atoms with Gasteiger partial charge in [0, 0.05) is 26.2 Å². The fraction of sp³-hybridized carbons (Fsp3) is 0.316. The van der Waals surface area contributed by atoms with E-state index in [0.29, 0.717) is 13.2 Å². The number of esters is 1. The fourth-order valence-electron chi connectivity index (χ4n) is 2.81. The van der Waals surface area contributed by atoms with Crippen LogP contribution in [0, 0.1) is 0 Å². The van der Waals surface area contributed by atoms with Gasteiger partial charge in [0.25, 0.3) is 0 Å². The highest BCUT2D eigenvalue weighted by Gasteiger charge is 2.29. The highest BCUT2D eigenvalue weighted by Crippen LogP contribution is 2.12. The van der Waals surface area contributed by atoms with E-state index in [1.807, 2.05) is 48.5 Å². The van der Waals surface area contributed by atoms with Crippen molar-refractivity contribution in [2.24, 2.45) is 0 Å². The molecule has 0 amide bonds. The fourth-order valence-corrected chi connectivity index (χ4v) is 2.81. The van der Waals surface area contributed by atoms with Crippen LogP contribution in [0.2, 0.25) is 0 Å². The Morgan fingerprint density at radius 2 is 1.70 bits per heavy atom. The van der Waals surface area contributed by atoms with E-state index in [0.717, 1.165) is 25.2 Å². The van der Waals surface area contributed by atoms with E-state index >= 15 is 0 Å². The minimum atomic E-state index is -0.229. The molecule has 0 aliphatic carbocycles. The van der Waals surface area contributed by atoms with E-state index in [4.69, 9.17) is 4.74 Å². The molecule has 1 atom stereocenters. The summed E-state index contributed by atoms with van der Waals surface area (Å²) in [5.41, 5.74) is 2.23. The third kappa shape index (κ3) is 4.41. The molecule has 1 aliphatic rings. The lowest BCUT2D eigenvalue weighted by Gasteiger charge is -2.34. The van der Waals surface area contributed by atoms with Crippen LogP contribution in [0.1, 0.15) is 11.1 Å². The van der Waals surface area contributed by atoms with Crippen molar-refractivity contribution in [3.8, 4) is 0 Å². The molecule has 1 N–H and O–H groups in total. The van der Waals surface area contributed by atoms with Crippen LogP contribution in [0.3, 0.4) is 0 Å². The van der Waals surface area contributed by atoms with Crippen LogP contribution < -0.4 is 5.32 Å². The van der Waals surface area contributed by atoms with Crippen molar-refractivity contribution in [3.63, 3.8) is 0 Å². The first-order valence-electron chi connectivity index (χ1n) is 8.02. The molecule has 1 saturated heterocycles. The predicted molar refractivity (Wildman–Crippen MR) is 89.7 cm³/mol. The number of carbonyl (C=O) groups excluding carboxylic acids is 1. The topological polar surface area (TPSA) is 41.6 Å². The van der Waals surface area contributed by atoms with Crippen molar-refractivity contribution >= 4 is 5.97 Å². The van der Waals surface area contributed by atoms with Gasteiger partial charge in [-0.1, -0.05) is 60.7 Å². The normalized spacial score (nSPS) is 18.5. The summed E-state index contributed by atoms with van der Waals surface area (Å²) in [7, 11) is 0. The molecule has 0 aromatic heterocycles. The first-order chi connectivity index (χ1) is 11.3. The molecule has 1 aliphatic heterocycles. The van der Waals surface area contributed by atoms with E-state index in [9.17, 15) is 4.79 Å². The largest absolute Gasteiger partial charge is 0.460 e. The Balaban J connectivity index is 1.60. The zero-order valence-electron chi connectivity index (χ0n) is 13.2. The molecule has 3 rings (SSSR count). The van der Waals surface area contributed by atoms with Crippen LogP contribution in [0.5, 0.6) is 0 Å². The van der Waals surface area contributed by atoms with Crippen molar-refractivity contribution < 1.29 is 9.53 Å². The predicted octanol–water partition coefficient (Wildman–Crippen LogP) is 2.20. The summed E-state index contributed by atoms with van der Waals surface area (Å²) in [6, 6.07) is 19.8. The molecule has 0 radical (unpaired) electrons. The number of ether oxygens (including phenoxy) is 1. The lowest BCUT2D eigenvalue weighted by molar-refractivity contribution is -0.152. The van der Waals surface area contributed by atoms with Crippen LogP contribution in [-0.4, -0.2) is 36.5 Å². The smallest absolute Gasteiger partial charge is 0.325 e. The molecule has 2 aromatic carbocycles. The summed E-state index contributed by atoms with van der Waals surface area (Å²) in [5.74, 6) is -0.156. The summed E-state index contributed by atoms with van der Waals surface area (Å²) in [5, 5.41) is 3.29. The number of benzene rings is 2. The molecular formula is C19H22N2O2. The van der Waals surface area contributed by atoms with Gasteiger partial charge in [-0.25, -0.2) is 0 Å². The molecule has 1 heterocycles. The first kappa shape index (κ1) is 15.7. The van der Waals surface area contributed by atoms with Gasteiger partial charge in [0.1, 0.15) is 12.6 Å². The van der Waals surface area contributed by atoms with Crippen molar-refractivity contribution in [2.45, 2.75) is 19.2 Å². The van der Waals surface area contributed by atoms with Gasteiger partial charge in [0.15, 0.2) is 0 Å². The third-order valence-electron chi connectivity index (χ3n) is 4.08. The molecule has 0 saturated carbocycles. The molecule has 4 nitrogen and oxygen atoms in total. The van der Waals surface area contributed by atoms with Crippen LogP contribution in [0.25, 0.3) is 0 Å². The monoisotopic (exact) mass is 310 g/mol. The third-order valence-corrected chi connectivity index (χ3v) is 4.08. The van der Waals surface area contributed by atoms with Gasteiger partial charge in [-0.05, 0) is 11.1 Å². The van der Waals surface area contributed by atoms with Crippen molar-refractivity contribution in [2.75, 3.05) is 19.6 Å². The molecular weight excluding hydrogens is 288 g/mol. The summed E-state index contributed by atoms with van der Waals surface area (Å²) < 4.78 is 5.51. The molecule has 0 bridgehead atoms. The molecule has 4 heteroatoms. The summed E-state index contributed by atoms with van der Waals surface area (Å²) in [6.45, 7) is 3.48. The van der Waals surface area contributed by atoms with Crippen molar-refractivity contribution in [3.05, 3.63) is 71.8 Å². The average Bonchev–Trinajstić information content (AvgIpc) is 2.62. The Kier molecular flexibility index (Phi) is 5.40. The van der Waals surface area contributed by atoms with Crippen LogP contribution in [0.4, 0.5) is 0 Å². The number of hydrogen-bond acceptors (Lipinski definition) is 4. The number of hydrogen-bond donors (Lipinski definition) is 1. The van der Waals surface area contributed by atoms with Crippen LogP contribution >= 0.6 is 0 Å². The van der Waals surface area contributed by atoms with Crippen LogP contribution in [-0.2, 0) is 22.7 Å². The van der Waals surface area contributed by atoms with Crippen LogP contribution in [0.15, 0.2) is 60.7 Å². The van der Waals surface area contributed by atoms with Gasteiger partial charge < -0.3 is 10.1 Å². The Labute approximate surface area is 137 Å². The number of carbonyl (C=O) groups is 1. The second kappa shape index (κ2) is 7.90. The summed E-state index contributed by atoms with van der Waals surface area (Å²) in [4.78, 5) is 14.7. The molecule has 1 fully saturated rings. The Hall–Kier alpha value is -2.17. The number of rotatable bonds is 5. The molecule has 120 valence electrons. The summed E-state index contributed by atoms with van der Waals surface area (Å²) in [6.07, 6.45) is 0. The molecule has 2 aromatic rings. The Morgan fingerprint density at radius 3 is 2.39 bits per heavy atom. The molecule has 1 unspecified atom stereocenters. The van der Waals surface area contributed by atoms with E-state index in [1.165, 1.54) is 5.56 Å². The van der Waals surface area contributed by atoms with Gasteiger partial charge in [-0.15, -0.1) is 0 Å². The second-order valence-electron chi connectivity index (χ2n) is 5.77. The number of nitrogens with one attached hydrogen (secondary N) is 1. The van der Waals surface area contributed by atoms with Gasteiger partial charge in [0.2, 0.25) is 0 Å². The van der Waals surface area contributed by atoms with E-state index in [2.05, 4.69) is 22.3 Å². The lowest BCUT2D eigenvalue weighted by Crippen LogP contribution is -2.54. The van der Waals surface area contributed by atoms with E-state index in [1.54, 1.807) is 0 Å². The van der Waals surface area contributed by atoms with E-state index in [-0.39, 0.29) is 12.0 Å². The van der Waals surface area contributed by atoms with Gasteiger partial charge in [-0.3, -0.25) is 9.69 Å². The second-order valence-corrected chi connectivity index (χ2v) is 5.77. The van der Waals surface area contributed by atoms with Crippen molar-refractivity contribution in [1.82, 2.24) is 10.2 Å². The van der Waals surface area contributed by atoms with Gasteiger partial charge >= 0.3 is 5.97 Å². The zero-order chi connectivity index (χ0) is 15.9. The summed E-state index contributed by atoms with van der Waals surface area (Å²) >= 11 is 0. The number of nitrogens with zero attached hydrogens (tertiary/aromatic N) is 1. The highest BCUT2D eigenvalue weighted by atomic mass is 16.5. The van der Waals surface area contributed by atoms with Crippen molar-refractivity contribution in [1.29, 1.82) is 0 Å². The standard InChI is InChI=1S/C19H22N2O2/c22-19(23-15-17-9-5-2-6-10-17)18-13-20-11-12-21(18)14-16-7-3-1-4-8-16/h1-10,18,20H,11-15H2. The molecule has 23 heavy (non-hydrogen) atoms. The molecule has 0 spiro atoms. The number of piperazine rings is 1. The SMILES string of the molecule is O=C(OCc1ccccc1)C1CNCCN1Cc1ccccc1. The van der Waals surface area contributed by atoms with Gasteiger partial charge in [0.05, 0.1) is 0 Å². The maximum absolute atomic E-state index is 12.5. The van der Waals surface area contributed by atoms with Gasteiger partial charge in [-0.2, -0.15) is 0 Å². The Morgan fingerprint density at radius 1 is 1.04 bits per heavy atom. The maximum Gasteiger partial charge on any atom is 0.325 e. The maximum atomic E-state index is 12.5. The zero-order valence-corrected chi connectivity index (χ0v) is 13.2. The lowest BCUT2D eigenvalue weighted by atomic mass is 10.1. The van der Waals surface area contributed by atoms with E-state index < -0.39 is 0 Å². The Bertz CT molecular complexity index is 616. The minimum Gasteiger partial charge on any atom is -0.460 e. The highest BCUT2D eigenvalue weighted by molar-refractivity contribution is 5.76. The average molecular weight is 310 g/mol. The first-order valence-corrected chi connectivity index (χ1v) is 8.02. The quantitative estimate of drug-likeness (QED) is 0.860.